The fourth-order valence-corrected chi connectivity index (χ4v) is 3.22. The summed E-state index contributed by atoms with van der Waals surface area (Å²) in [4.78, 5) is 19.9. The third-order valence-corrected chi connectivity index (χ3v) is 4.46. The molecule has 0 unspecified atom stereocenters. The summed E-state index contributed by atoms with van der Waals surface area (Å²) in [6, 6.07) is 15.7. The highest BCUT2D eigenvalue weighted by Gasteiger charge is 2.13. The molecule has 0 aliphatic rings. The molecule has 0 aliphatic heterocycles. The minimum absolute atomic E-state index is 0.304. The lowest BCUT2D eigenvalue weighted by Gasteiger charge is -2.02. The molecule has 2 aromatic heterocycles. The van der Waals surface area contributed by atoms with Crippen molar-refractivity contribution in [2.45, 2.75) is 0 Å². The summed E-state index contributed by atoms with van der Waals surface area (Å²) in [7, 11) is 0. The van der Waals surface area contributed by atoms with E-state index in [0.717, 1.165) is 21.6 Å². The van der Waals surface area contributed by atoms with E-state index in [2.05, 4.69) is 15.3 Å². The molecule has 0 saturated carbocycles. The molecule has 0 fully saturated rings. The summed E-state index contributed by atoms with van der Waals surface area (Å²) >= 11 is 1.38. The standard InChI is InChI=1S/C18H12FN3OS/c19-12-5-3-6-13(9-12)20-17(23)16-10-24-18(22-16)15-8-11-4-1-2-7-14(11)21-15/h1-10,21H,(H,20,23). The van der Waals surface area contributed by atoms with E-state index in [0.29, 0.717) is 11.4 Å². The molecule has 0 radical (unpaired) electrons. The van der Waals surface area contributed by atoms with Crippen LogP contribution in [0.3, 0.4) is 0 Å². The monoisotopic (exact) mass is 337 g/mol. The van der Waals surface area contributed by atoms with Gasteiger partial charge in [-0.2, -0.15) is 0 Å². The Morgan fingerprint density at radius 2 is 2.00 bits per heavy atom. The highest BCUT2D eigenvalue weighted by atomic mass is 32.1. The average Bonchev–Trinajstić information content (AvgIpc) is 3.21. The van der Waals surface area contributed by atoms with Gasteiger partial charge in [0.1, 0.15) is 16.5 Å². The van der Waals surface area contributed by atoms with Gasteiger partial charge in [-0.1, -0.05) is 24.3 Å². The van der Waals surface area contributed by atoms with Gasteiger partial charge in [0.15, 0.2) is 0 Å². The van der Waals surface area contributed by atoms with Crippen molar-refractivity contribution in [2.24, 2.45) is 0 Å². The molecule has 6 heteroatoms. The number of H-pyrrole nitrogens is 1. The Bertz CT molecular complexity index is 1000. The summed E-state index contributed by atoms with van der Waals surface area (Å²) in [5.74, 6) is -0.760. The van der Waals surface area contributed by atoms with Crippen LogP contribution in [-0.4, -0.2) is 15.9 Å². The third kappa shape index (κ3) is 2.79. The number of para-hydroxylation sites is 1. The highest BCUT2D eigenvalue weighted by Crippen LogP contribution is 2.27. The molecular weight excluding hydrogens is 325 g/mol. The number of nitrogens with zero attached hydrogens (tertiary/aromatic N) is 1. The quantitative estimate of drug-likeness (QED) is 0.570. The Labute approximate surface area is 141 Å². The second kappa shape index (κ2) is 5.90. The van der Waals surface area contributed by atoms with Gasteiger partial charge < -0.3 is 10.3 Å². The van der Waals surface area contributed by atoms with E-state index >= 15 is 0 Å². The van der Waals surface area contributed by atoms with Crippen molar-refractivity contribution in [3.8, 4) is 10.7 Å². The van der Waals surface area contributed by atoms with Crippen molar-refractivity contribution in [1.29, 1.82) is 0 Å². The maximum Gasteiger partial charge on any atom is 0.275 e. The SMILES string of the molecule is O=C(Nc1cccc(F)c1)c1csc(-c2cc3ccccc3[nH]2)n1. The number of anilines is 1. The van der Waals surface area contributed by atoms with E-state index in [1.54, 1.807) is 17.5 Å². The highest BCUT2D eigenvalue weighted by molar-refractivity contribution is 7.13. The van der Waals surface area contributed by atoms with Gasteiger partial charge in [0.25, 0.3) is 5.91 Å². The number of nitrogens with one attached hydrogen (secondary N) is 2. The van der Waals surface area contributed by atoms with Crippen molar-refractivity contribution in [1.82, 2.24) is 9.97 Å². The van der Waals surface area contributed by atoms with Crippen LogP contribution in [0, 0.1) is 5.82 Å². The topological polar surface area (TPSA) is 57.8 Å². The number of hydrogen-bond donors (Lipinski definition) is 2. The number of aromatic amines is 1. The Morgan fingerprint density at radius 3 is 2.83 bits per heavy atom. The summed E-state index contributed by atoms with van der Waals surface area (Å²) in [6.07, 6.45) is 0. The molecule has 2 heterocycles. The molecular formula is C18H12FN3OS. The number of rotatable bonds is 3. The fraction of sp³-hybridized carbons (Fsp3) is 0. The van der Waals surface area contributed by atoms with Crippen molar-refractivity contribution in [3.05, 3.63) is 71.5 Å². The first-order chi connectivity index (χ1) is 11.7. The number of amides is 1. The first-order valence-electron chi connectivity index (χ1n) is 7.29. The molecule has 0 spiro atoms. The predicted octanol–water partition coefficient (Wildman–Crippen LogP) is 4.68. The van der Waals surface area contributed by atoms with E-state index in [9.17, 15) is 9.18 Å². The van der Waals surface area contributed by atoms with Crippen LogP contribution in [0.25, 0.3) is 21.6 Å². The Kier molecular flexibility index (Phi) is 3.59. The zero-order chi connectivity index (χ0) is 16.5. The first-order valence-corrected chi connectivity index (χ1v) is 8.17. The molecule has 24 heavy (non-hydrogen) atoms. The maximum atomic E-state index is 13.2. The lowest BCUT2D eigenvalue weighted by Crippen LogP contribution is -2.12. The number of halogens is 1. The lowest BCUT2D eigenvalue weighted by atomic mass is 10.2. The Morgan fingerprint density at radius 1 is 1.12 bits per heavy atom. The van der Waals surface area contributed by atoms with Crippen LogP contribution < -0.4 is 5.32 Å². The van der Waals surface area contributed by atoms with Gasteiger partial charge in [0.05, 0.1) is 5.69 Å². The number of fused-ring (bicyclic) bond motifs is 1. The minimum atomic E-state index is -0.398. The fourth-order valence-electron chi connectivity index (χ4n) is 2.45. The van der Waals surface area contributed by atoms with E-state index in [-0.39, 0.29) is 5.91 Å². The molecule has 2 aromatic carbocycles. The number of carbonyl (C=O) groups is 1. The van der Waals surface area contributed by atoms with Gasteiger partial charge in [0, 0.05) is 22.0 Å². The van der Waals surface area contributed by atoms with Crippen LogP contribution in [0.15, 0.2) is 60.0 Å². The van der Waals surface area contributed by atoms with Crippen LogP contribution in [0.1, 0.15) is 10.5 Å². The normalized spacial score (nSPS) is 10.9. The first kappa shape index (κ1) is 14.6. The van der Waals surface area contributed by atoms with E-state index < -0.39 is 5.82 Å². The van der Waals surface area contributed by atoms with Crippen molar-refractivity contribution < 1.29 is 9.18 Å². The Balaban J connectivity index is 1.58. The molecule has 1 amide bonds. The van der Waals surface area contributed by atoms with Gasteiger partial charge in [-0.25, -0.2) is 9.37 Å². The van der Waals surface area contributed by atoms with E-state index in [4.69, 9.17) is 0 Å². The van der Waals surface area contributed by atoms with Crippen LogP contribution in [-0.2, 0) is 0 Å². The number of carbonyl (C=O) groups excluding carboxylic acids is 1. The molecule has 4 nitrogen and oxygen atoms in total. The van der Waals surface area contributed by atoms with Crippen molar-refractivity contribution in [3.63, 3.8) is 0 Å². The largest absolute Gasteiger partial charge is 0.353 e. The molecule has 0 bridgehead atoms. The lowest BCUT2D eigenvalue weighted by molar-refractivity contribution is 0.102. The van der Waals surface area contributed by atoms with E-state index in [1.807, 2.05) is 30.3 Å². The summed E-state index contributed by atoms with van der Waals surface area (Å²) in [5, 5.41) is 6.16. The second-order valence-electron chi connectivity index (χ2n) is 5.27. The second-order valence-corrected chi connectivity index (χ2v) is 6.13. The summed E-state index contributed by atoms with van der Waals surface area (Å²) in [6.45, 7) is 0. The maximum absolute atomic E-state index is 13.2. The summed E-state index contributed by atoms with van der Waals surface area (Å²) in [5.41, 5.74) is 2.59. The van der Waals surface area contributed by atoms with Crippen molar-refractivity contribution in [2.75, 3.05) is 5.32 Å². The van der Waals surface area contributed by atoms with Crippen LogP contribution in [0.2, 0.25) is 0 Å². The minimum Gasteiger partial charge on any atom is -0.353 e. The molecule has 0 aliphatic carbocycles. The van der Waals surface area contributed by atoms with Crippen molar-refractivity contribution >= 4 is 33.8 Å². The molecule has 2 N–H and O–H groups in total. The van der Waals surface area contributed by atoms with Gasteiger partial charge in [0.2, 0.25) is 0 Å². The molecule has 4 aromatic rings. The van der Waals surface area contributed by atoms with Gasteiger partial charge in [-0.3, -0.25) is 4.79 Å². The average molecular weight is 337 g/mol. The van der Waals surface area contributed by atoms with E-state index in [1.165, 1.54) is 23.5 Å². The van der Waals surface area contributed by atoms with Gasteiger partial charge >= 0.3 is 0 Å². The molecule has 0 atom stereocenters. The summed E-state index contributed by atoms with van der Waals surface area (Å²) < 4.78 is 13.2. The Hall–Kier alpha value is -2.99. The number of benzene rings is 2. The molecule has 118 valence electrons. The molecule has 0 saturated heterocycles. The predicted molar refractivity (Wildman–Crippen MR) is 93.8 cm³/mol. The van der Waals surface area contributed by atoms with Gasteiger partial charge in [-0.05, 0) is 30.3 Å². The smallest absolute Gasteiger partial charge is 0.275 e. The van der Waals surface area contributed by atoms with Crippen LogP contribution in [0.5, 0.6) is 0 Å². The van der Waals surface area contributed by atoms with Crippen LogP contribution in [0.4, 0.5) is 10.1 Å². The van der Waals surface area contributed by atoms with Crippen LogP contribution >= 0.6 is 11.3 Å². The zero-order valence-electron chi connectivity index (χ0n) is 12.4. The zero-order valence-corrected chi connectivity index (χ0v) is 13.2. The number of thiazole rings is 1. The number of hydrogen-bond acceptors (Lipinski definition) is 3. The third-order valence-electron chi connectivity index (χ3n) is 3.58. The number of aromatic nitrogens is 2. The van der Waals surface area contributed by atoms with Gasteiger partial charge in [-0.15, -0.1) is 11.3 Å². The molecule has 4 rings (SSSR count).